The van der Waals surface area contributed by atoms with E-state index >= 15 is 0 Å². The van der Waals surface area contributed by atoms with E-state index in [9.17, 15) is 0 Å². The summed E-state index contributed by atoms with van der Waals surface area (Å²) in [5.41, 5.74) is 15.6. The summed E-state index contributed by atoms with van der Waals surface area (Å²) in [6.07, 6.45) is 6.46. The van der Waals surface area contributed by atoms with Gasteiger partial charge >= 0.3 is 0 Å². The molecule has 0 saturated heterocycles. The van der Waals surface area contributed by atoms with Crippen molar-refractivity contribution >= 4 is 71.7 Å². The van der Waals surface area contributed by atoms with Crippen molar-refractivity contribution < 1.29 is 8.83 Å². The second-order valence-electron chi connectivity index (χ2n) is 16.6. The number of hydrogen-bond donors (Lipinski definition) is 0. The highest BCUT2D eigenvalue weighted by Crippen LogP contribution is 2.47. The minimum Gasteiger partial charge on any atom is -0.456 e. The van der Waals surface area contributed by atoms with Gasteiger partial charge in [0.05, 0.1) is 5.69 Å². The molecule has 0 atom stereocenters. The van der Waals surface area contributed by atoms with Crippen LogP contribution in [0.5, 0.6) is 0 Å². The summed E-state index contributed by atoms with van der Waals surface area (Å²) in [4.78, 5) is 2.44. The summed E-state index contributed by atoms with van der Waals surface area (Å²) in [6, 6.07) is 70.4. The van der Waals surface area contributed by atoms with Crippen molar-refractivity contribution in [3.63, 3.8) is 0 Å². The van der Waals surface area contributed by atoms with Crippen molar-refractivity contribution in [2.45, 2.75) is 38.0 Å². The fourth-order valence-corrected chi connectivity index (χ4v) is 10.2. The molecule has 61 heavy (non-hydrogen) atoms. The lowest BCUT2D eigenvalue weighted by Crippen LogP contribution is -2.11. The summed E-state index contributed by atoms with van der Waals surface area (Å²) in [5.74, 6) is 0.581. The first-order valence-corrected chi connectivity index (χ1v) is 21.7. The molecule has 1 fully saturated rings. The van der Waals surface area contributed by atoms with E-state index in [-0.39, 0.29) is 0 Å². The average Bonchev–Trinajstić information content (AvgIpc) is 3.91. The predicted molar refractivity (Wildman–Crippen MR) is 255 cm³/mol. The Balaban J connectivity index is 1.01. The van der Waals surface area contributed by atoms with Crippen molar-refractivity contribution in [1.82, 2.24) is 0 Å². The van der Waals surface area contributed by atoms with E-state index in [2.05, 4.69) is 181 Å². The van der Waals surface area contributed by atoms with E-state index in [0.29, 0.717) is 5.92 Å². The molecule has 0 amide bonds. The summed E-state index contributed by atoms with van der Waals surface area (Å²) >= 11 is 0. The molecular formula is C58H43NO2. The Morgan fingerprint density at radius 1 is 0.377 bits per heavy atom. The summed E-state index contributed by atoms with van der Waals surface area (Å²) in [5, 5.41) is 7.25. The van der Waals surface area contributed by atoms with E-state index in [0.717, 1.165) is 77.6 Å². The third-order valence-corrected chi connectivity index (χ3v) is 13.1. The lowest BCUT2D eigenvalue weighted by Gasteiger charge is -2.29. The van der Waals surface area contributed by atoms with E-state index in [1.807, 2.05) is 18.2 Å². The van der Waals surface area contributed by atoms with Crippen LogP contribution < -0.4 is 4.90 Å². The van der Waals surface area contributed by atoms with Crippen LogP contribution in [-0.4, -0.2) is 0 Å². The number of nitrogens with zero attached hydrogens (tertiary/aromatic N) is 1. The van der Waals surface area contributed by atoms with Gasteiger partial charge in [-0.15, -0.1) is 0 Å². The fourth-order valence-electron chi connectivity index (χ4n) is 10.2. The summed E-state index contributed by atoms with van der Waals surface area (Å²) < 4.78 is 12.5. The topological polar surface area (TPSA) is 29.5 Å². The van der Waals surface area contributed by atoms with Crippen LogP contribution >= 0.6 is 0 Å². The van der Waals surface area contributed by atoms with Crippen molar-refractivity contribution in [3.05, 3.63) is 200 Å². The van der Waals surface area contributed by atoms with Crippen LogP contribution in [0.2, 0.25) is 0 Å². The molecule has 2 aromatic heterocycles. The lowest BCUT2D eigenvalue weighted by molar-refractivity contribution is 0.445. The molecule has 0 N–H and O–H groups in total. The molecule has 0 radical (unpaired) electrons. The molecule has 292 valence electrons. The zero-order valence-electron chi connectivity index (χ0n) is 33.9. The third kappa shape index (κ3) is 6.11. The van der Waals surface area contributed by atoms with Crippen LogP contribution in [0, 0.1) is 0 Å². The van der Waals surface area contributed by atoms with Gasteiger partial charge in [0.1, 0.15) is 22.3 Å². The number of para-hydroxylation sites is 3. The number of benzene rings is 9. The van der Waals surface area contributed by atoms with Gasteiger partial charge in [0, 0.05) is 38.5 Å². The molecular weight excluding hydrogens is 743 g/mol. The van der Waals surface area contributed by atoms with E-state index in [1.165, 1.54) is 65.1 Å². The molecule has 1 aliphatic carbocycles. The molecule has 0 spiro atoms. The molecule has 1 saturated carbocycles. The summed E-state index contributed by atoms with van der Waals surface area (Å²) in [7, 11) is 0. The highest BCUT2D eigenvalue weighted by atomic mass is 16.3. The zero-order valence-corrected chi connectivity index (χ0v) is 33.9. The number of furan rings is 2. The van der Waals surface area contributed by atoms with Crippen LogP contribution in [0.25, 0.3) is 88.0 Å². The zero-order chi connectivity index (χ0) is 40.3. The fraction of sp³-hybridized carbons (Fsp3) is 0.103. The minimum absolute atomic E-state index is 0.581. The predicted octanol–water partition coefficient (Wildman–Crippen LogP) is 17.2. The second-order valence-corrected chi connectivity index (χ2v) is 16.6. The SMILES string of the molecule is c1ccc(N(c2ccc(-c3ccc4oc5ccccc5c4c3)cc2)c2ccc(-c3cccc4oc5ccccc5c34)cc2)c(-c2cccc3cccc(C4CCCCC4)c23)c1. The van der Waals surface area contributed by atoms with Gasteiger partial charge < -0.3 is 13.7 Å². The van der Waals surface area contributed by atoms with Crippen LogP contribution in [-0.2, 0) is 0 Å². The summed E-state index contributed by atoms with van der Waals surface area (Å²) in [6.45, 7) is 0. The Kier molecular flexibility index (Phi) is 8.59. The Hall–Kier alpha value is -7.36. The first kappa shape index (κ1) is 35.6. The van der Waals surface area contributed by atoms with Crippen molar-refractivity contribution in [3.8, 4) is 33.4 Å². The quantitative estimate of drug-likeness (QED) is 0.161. The average molecular weight is 786 g/mol. The van der Waals surface area contributed by atoms with Gasteiger partial charge in [-0.3, -0.25) is 0 Å². The Labute approximate surface area is 355 Å². The van der Waals surface area contributed by atoms with Gasteiger partial charge in [0.25, 0.3) is 0 Å². The maximum Gasteiger partial charge on any atom is 0.136 e. The molecule has 12 rings (SSSR count). The first-order chi connectivity index (χ1) is 30.2. The molecule has 1 aliphatic rings. The van der Waals surface area contributed by atoms with Gasteiger partial charge in [-0.05, 0) is 124 Å². The second kappa shape index (κ2) is 14.7. The molecule has 9 aromatic carbocycles. The number of hydrogen-bond acceptors (Lipinski definition) is 3. The van der Waals surface area contributed by atoms with Crippen molar-refractivity contribution in [1.29, 1.82) is 0 Å². The first-order valence-electron chi connectivity index (χ1n) is 21.7. The van der Waals surface area contributed by atoms with Crippen LogP contribution in [0.15, 0.2) is 203 Å². The van der Waals surface area contributed by atoms with Crippen LogP contribution in [0.3, 0.4) is 0 Å². The van der Waals surface area contributed by atoms with E-state index in [1.54, 1.807) is 0 Å². The Morgan fingerprint density at radius 3 is 1.75 bits per heavy atom. The minimum atomic E-state index is 0.581. The maximum absolute atomic E-state index is 6.29. The lowest BCUT2D eigenvalue weighted by atomic mass is 9.80. The van der Waals surface area contributed by atoms with Crippen molar-refractivity contribution in [2.24, 2.45) is 0 Å². The van der Waals surface area contributed by atoms with E-state index < -0.39 is 0 Å². The third-order valence-electron chi connectivity index (χ3n) is 13.1. The molecule has 3 nitrogen and oxygen atoms in total. The van der Waals surface area contributed by atoms with Crippen LogP contribution in [0.1, 0.15) is 43.6 Å². The molecule has 11 aromatic rings. The standard InChI is InChI=1S/C58H43NO2/c1-2-13-39(14-3-1)45-20-10-15-41-16-11-22-49(57(41)45)47-17-4-7-23-52(47)59(43-32-27-38(28-33-43)42-31-36-55-51(37-42)48-18-5-8-24-53(48)60-55)44-34-29-40(30-35-44)46-21-12-26-56-58(46)50-19-6-9-25-54(50)61-56/h4-12,15-37,39H,1-3,13-14H2. The normalized spacial score (nSPS) is 13.5. The van der Waals surface area contributed by atoms with Crippen LogP contribution in [0.4, 0.5) is 17.1 Å². The molecule has 2 heterocycles. The van der Waals surface area contributed by atoms with Crippen molar-refractivity contribution in [2.75, 3.05) is 4.90 Å². The van der Waals surface area contributed by atoms with Gasteiger partial charge in [-0.25, -0.2) is 0 Å². The smallest absolute Gasteiger partial charge is 0.136 e. The van der Waals surface area contributed by atoms with Gasteiger partial charge in [-0.1, -0.05) is 153 Å². The van der Waals surface area contributed by atoms with Gasteiger partial charge in [-0.2, -0.15) is 0 Å². The molecule has 0 unspecified atom stereocenters. The highest BCUT2D eigenvalue weighted by molar-refractivity contribution is 6.12. The molecule has 0 aliphatic heterocycles. The van der Waals surface area contributed by atoms with Gasteiger partial charge in [0.2, 0.25) is 0 Å². The number of rotatable bonds is 7. The Bertz CT molecular complexity index is 3400. The number of anilines is 3. The monoisotopic (exact) mass is 785 g/mol. The molecule has 3 heteroatoms. The number of fused-ring (bicyclic) bond motifs is 7. The molecule has 0 bridgehead atoms. The largest absolute Gasteiger partial charge is 0.456 e. The highest BCUT2D eigenvalue weighted by Gasteiger charge is 2.23. The van der Waals surface area contributed by atoms with E-state index in [4.69, 9.17) is 8.83 Å². The van der Waals surface area contributed by atoms with Gasteiger partial charge in [0.15, 0.2) is 0 Å². The Morgan fingerprint density at radius 2 is 0.951 bits per heavy atom. The maximum atomic E-state index is 6.29.